The summed E-state index contributed by atoms with van der Waals surface area (Å²) >= 11 is 0. The van der Waals surface area contributed by atoms with E-state index in [9.17, 15) is 19.2 Å². The number of hydrazine groups is 1. The van der Waals surface area contributed by atoms with Crippen LogP contribution in [0.15, 0.2) is 30.3 Å². The van der Waals surface area contributed by atoms with Gasteiger partial charge in [-0.2, -0.15) is 5.01 Å². The van der Waals surface area contributed by atoms with Gasteiger partial charge in [0.05, 0.1) is 7.05 Å². The third kappa shape index (κ3) is 4.82. The zero-order valence-corrected chi connectivity index (χ0v) is 15.8. The molecule has 1 saturated heterocycles. The molecule has 0 bridgehead atoms. The van der Waals surface area contributed by atoms with Crippen molar-refractivity contribution in [2.45, 2.75) is 25.8 Å². The maximum Gasteiger partial charge on any atom is 0.344 e. The van der Waals surface area contributed by atoms with Crippen molar-refractivity contribution >= 4 is 23.8 Å². The monoisotopic (exact) mass is 376 g/mol. The molecule has 0 aromatic heterocycles. The summed E-state index contributed by atoms with van der Waals surface area (Å²) in [6.07, 6.45) is 0.831. The van der Waals surface area contributed by atoms with Gasteiger partial charge in [0.2, 0.25) is 0 Å². The summed E-state index contributed by atoms with van der Waals surface area (Å²) in [6.45, 7) is 4.18. The maximum absolute atomic E-state index is 12.7. The van der Waals surface area contributed by atoms with Crippen molar-refractivity contribution in [2.75, 3.05) is 26.7 Å². The number of carbonyl (C=O) groups is 4. The van der Waals surface area contributed by atoms with Crippen LogP contribution in [0, 0.1) is 0 Å². The molecular weight excluding hydrogens is 350 g/mol. The van der Waals surface area contributed by atoms with Gasteiger partial charge in [-0.05, 0) is 18.9 Å². The van der Waals surface area contributed by atoms with E-state index in [1.54, 1.807) is 38.2 Å². The van der Waals surface area contributed by atoms with Gasteiger partial charge in [0, 0.05) is 6.54 Å². The van der Waals surface area contributed by atoms with Crippen LogP contribution in [0.1, 0.15) is 25.8 Å². The van der Waals surface area contributed by atoms with Crippen LogP contribution in [-0.2, 0) is 19.9 Å². The lowest BCUT2D eigenvalue weighted by atomic mass is 9.92. The van der Waals surface area contributed by atoms with Crippen molar-refractivity contribution in [3.8, 4) is 0 Å². The number of rotatable bonds is 8. The van der Waals surface area contributed by atoms with Crippen molar-refractivity contribution in [2.24, 2.45) is 0 Å². The zero-order valence-electron chi connectivity index (χ0n) is 15.8. The van der Waals surface area contributed by atoms with Gasteiger partial charge in [-0.25, -0.2) is 4.79 Å². The molecule has 2 rings (SSSR count). The Hall–Kier alpha value is -2.94. The van der Waals surface area contributed by atoms with Crippen LogP contribution in [-0.4, -0.2) is 55.4 Å². The Morgan fingerprint density at radius 2 is 1.78 bits per heavy atom. The van der Waals surface area contributed by atoms with Crippen LogP contribution in [0.4, 0.5) is 4.79 Å². The van der Waals surface area contributed by atoms with Crippen molar-refractivity contribution in [3.63, 3.8) is 0 Å². The first-order valence-electron chi connectivity index (χ1n) is 8.87. The van der Waals surface area contributed by atoms with Gasteiger partial charge in [-0.1, -0.05) is 37.3 Å². The number of hydrogen-bond acceptors (Lipinski definition) is 4. The minimum absolute atomic E-state index is 0.0569. The van der Waals surface area contributed by atoms with Crippen LogP contribution in [0.3, 0.4) is 0 Å². The lowest BCUT2D eigenvalue weighted by Gasteiger charge is -2.22. The molecule has 1 unspecified atom stereocenters. The van der Waals surface area contributed by atoms with Crippen LogP contribution in [0.2, 0.25) is 0 Å². The number of nitrogens with zero attached hydrogens (tertiary/aromatic N) is 1. The first-order chi connectivity index (χ1) is 12.8. The van der Waals surface area contributed by atoms with Crippen molar-refractivity contribution in [3.05, 3.63) is 35.9 Å². The van der Waals surface area contributed by atoms with Crippen LogP contribution in [0.25, 0.3) is 0 Å². The summed E-state index contributed by atoms with van der Waals surface area (Å²) in [6, 6.07) is 8.11. The Bertz CT molecular complexity index is 724. The highest BCUT2D eigenvalue weighted by molar-refractivity contribution is 6.08. The minimum atomic E-state index is -1.25. The molecule has 2 atom stereocenters. The number of imide groups is 1. The molecule has 27 heavy (non-hydrogen) atoms. The highest BCUT2D eigenvalue weighted by Crippen LogP contribution is 2.27. The van der Waals surface area contributed by atoms with E-state index in [2.05, 4.69) is 16.1 Å². The predicted molar refractivity (Wildman–Crippen MR) is 97.2 cm³/mol. The number of nitrogens with one attached hydrogen (secondary N) is 4. The van der Waals surface area contributed by atoms with Crippen molar-refractivity contribution in [1.82, 2.24) is 21.1 Å². The molecule has 4 N–H and O–H groups in total. The highest BCUT2D eigenvalue weighted by Gasteiger charge is 2.50. The van der Waals surface area contributed by atoms with Gasteiger partial charge in [-0.15, -0.1) is 0 Å². The second-order valence-corrected chi connectivity index (χ2v) is 6.76. The molecule has 0 aliphatic carbocycles. The summed E-state index contributed by atoms with van der Waals surface area (Å²) in [4.78, 5) is 49.4. The molecule has 9 nitrogen and oxygen atoms in total. The topological polar surface area (TPSA) is 112 Å². The predicted octanol–water partition coefficient (Wildman–Crippen LogP) is -1.47. The SMILES string of the molecule is CCCNC(=O)C[NH+](C)CC(=O)NN1C(=O)N[C@](C)(c2ccccc2)C1=O. The molecule has 0 spiro atoms. The van der Waals surface area contributed by atoms with E-state index in [4.69, 9.17) is 0 Å². The van der Waals surface area contributed by atoms with Gasteiger partial charge in [0.1, 0.15) is 5.54 Å². The molecule has 1 heterocycles. The fourth-order valence-electron chi connectivity index (χ4n) is 2.81. The first kappa shape index (κ1) is 20.4. The van der Waals surface area contributed by atoms with Gasteiger partial charge >= 0.3 is 6.03 Å². The quantitative estimate of drug-likeness (QED) is 0.415. The second kappa shape index (κ2) is 8.63. The Balaban J connectivity index is 1.95. The van der Waals surface area contributed by atoms with E-state index in [1.165, 1.54) is 0 Å². The van der Waals surface area contributed by atoms with E-state index < -0.39 is 23.4 Å². The molecule has 5 amide bonds. The molecular formula is C18H26N5O4+. The molecule has 0 radical (unpaired) electrons. The normalized spacial score (nSPS) is 20.2. The van der Waals surface area contributed by atoms with E-state index in [-0.39, 0.29) is 19.0 Å². The highest BCUT2D eigenvalue weighted by atomic mass is 16.2. The molecule has 1 aromatic carbocycles. The summed E-state index contributed by atoms with van der Waals surface area (Å²) in [5.74, 6) is -1.25. The summed E-state index contributed by atoms with van der Waals surface area (Å²) in [5.41, 5.74) is 1.71. The molecule has 0 saturated carbocycles. The van der Waals surface area contributed by atoms with Crippen LogP contribution < -0.4 is 21.0 Å². The zero-order chi connectivity index (χ0) is 20.0. The van der Waals surface area contributed by atoms with Crippen LogP contribution >= 0.6 is 0 Å². The van der Waals surface area contributed by atoms with Gasteiger partial charge in [-0.3, -0.25) is 19.8 Å². The number of likely N-dealkylation sites (N-methyl/N-ethyl adjacent to an activating group) is 1. The Morgan fingerprint density at radius 3 is 2.41 bits per heavy atom. The van der Waals surface area contributed by atoms with Crippen LogP contribution in [0.5, 0.6) is 0 Å². The second-order valence-electron chi connectivity index (χ2n) is 6.76. The van der Waals surface area contributed by atoms with E-state index in [1.807, 2.05) is 13.0 Å². The van der Waals surface area contributed by atoms with E-state index in [0.717, 1.165) is 6.42 Å². The first-order valence-corrected chi connectivity index (χ1v) is 8.87. The number of amides is 5. The number of hydrogen-bond donors (Lipinski definition) is 4. The Labute approximate surface area is 158 Å². The third-order valence-electron chi connectivity index (χ3n) is 4.28. The number of benzene rings is 1. The number of quaternary nitrogens is 1. The standard InChI is InChI=1S/C18H25N5O4/c1-4-10-19-14(24)11-22(3)12-15(25)21-23-16(26)18(2,20-17(23)27)13-8-6-5-7-9-13/h5-9H,4,10-12H2,1-3H3,(H,19,24)(H,20,27)(H,21,25)/p+1/t18-/m1/s1. The summed E-state index contributed by atoms with van der Waals surface area (Å²) in [7, 11) is 1.69. The summed E-state index contributed by atoms with van der Waals surface area (Å²) in [5, 5.41) is 6.04. The molecule has 1 aliphatic rings. The molecule has 1 aromatic rings. The lowest BCUT2D eigenvalue weighted by Crippen LogP contribution is -3.11. The average Bonchev–Trinajstić information content (AvgIpc) is 2.84. The van der Waals surface area contributed by atoms with Crippen molar-refractivity contribution in [1.29, 1.82) is 0 Å². The van der Waals surface area contributed by atoms with Gasteiger partial charge in [0.25, 0.3) is 17.7 Å². The Kier molecular flexibility index (Phi) is 6.51. The smallest absolute Gasteiger partial charge is 0.344 e. The molecule has 1 fully saturated rings. The number of carbonyl (C=O) groups excluding carboxylic acids is 4. The fourth-order valence-corrected chi connectivity index (χ4v) is 2.81. The average molecular weight is 376 g/mol. The third-order valence-corrected chi connectivity index (χ3v) is 4.28. The largest absolute Gasteiger partial charge is 0.351 e. The Morgan fingerprint density at radius 1 is 1.15 bits per heavy atom. The van der Waals surface area contributed by atoms with E-state index >= 15 is 0 Å². The summed E-state index contributed by atoms with van der Waals surface area (Å²) < 4.78 is 0. The number of urea groups is 1. The minimum Gasteiger partial charge on any atom is -0.351 e. The maximum atomic E-state index is 12.7. The molecule has 1 aliphatic heterocycles. The van der Waals surface area contributed by atoms with Gasteiger partial charge < -0.3 is 15.5 Å². The lowest BCUT2D eigenvalue weighted by molar-refractivity contribution is -0.862. The van der Waals surface area contributed by atoms with Crippen molar-refractivity contribution < 1.29 is 24.1 Å². The fraction of sp³-hybridized carbons (Fsp3) is 0.444. The molecule has 146 valence electrons. The van der Waals surface area contributed by atoms with E-state index in [0.29, 0.717) is 22.0 Å². The molecule has 9 heteroatoms. The van der Waals surface area contributed by atoms with Gasteiger partial charge in [0.15, 0.2) is 13.1 Å².